The van der Waals surface area contributed by atoms with Crippen molar-refractivity contribution < 1.29 is 0 Å². The van der Waals surface area contributed by atoms with Gasteiger partial charge < -0.3 is 10.6 Å². The molecule has 0 saturated carbocycles. The number of nitrogens with zero attached hydrogens (tertiary/aromatic N) is 2. The Morgan fingerprint density at radius 2 is 2.07 bits per heavy atom. The first-order valence-electron chi connectivity index (χ1n) is 4.94. The molecule has 1 aromatic heterocycles. The number of rotatable bonds is 5. The minimum atomic E-state index is 0.447. The van der Waals surface area contributed by atoms with Gasteiger partial charge in [0.1, 0.15) is 12.1 Å². The van der Waals surface area contributed by atoms with E-state index < -0.39 is 0 Å². The van der Waals surface area contributed by atoms with Crippen molar-refractivity contribution in [2.45, 2.75) is 19.8 Å². The maximum absolute atomic E-state index is 4.20. The zero-order valence-corrected chi connectivity index (χ0v) is 9.04. The van der Waals surface area contributed by atoms with Crippen molar-refractivity contribution in [3.8, 4) is 0 Å². The predicted octanol–water partition coefficient (Wildman–Crippen LogP) is 1.23. The van der Waals surface area contributed by atoms with Gasteiger partial charge in [0, 0.05) is 24.8 Å². The molecule has 0 saturated heterocycles. The fourth-order valence-corrected chi connectivity index (χ4v) is 1.10. The van der Waals surface area contributed by atoms with Gasteiger partial charge in [-0.3, -0.25) is 0 Å². The third-order valence-electron chi connectivity index (χ3n) is 1.96. The summed E-state index contributed by atoms with van der Waals surface area (Å²) in [5, 5.41) is 6.30. The first kappa shape index (κ1) is 10.9. The van der Waals surface area contributed by atoms with Crippen molar-refractivity contribution in [1.29, 1.82) is 0 Å². The second-order valence-corrected chi connectivity index (χ2v) is 3.51. The van der Waals surface area contributed by atoms with Crippen molar-refractivity contribution in [2.75, 3.05) is 25.5 Å². The summed E-state index contributed by atoms with van der Waals surface area (Å²) in [6.45, 7) is 6.06. The van der Waals surface area contributed by atoms with E-state index in [2.05, 4.69) is 34.4 Å². The summed E-state index contributed by atoms with van der Waals surface area (Å²) in [6, 6.07) is 2.00. The molecule has 2 N–H and O–H groups in total. The van der Waals surface area contributed by atoms with E-state index in [0.717, 1.165) is 24.6 Å². The first-order chi connectivity index (χ1) is 6.74. The molecule has 1 aromatic rings. The molecule has 0 radical (unpaired) electrons. The lowest BCUT2D eigenvalue weighted by atomic mass is 10.1. The van der Waals surface area contributed by atoms with Gasteiger partial charge in [-0.05, 0) is 13.0 Å². The van der Waals surface area contributed by atoms with Crippen LogP contribution in [0.25, 0.3) is 0 Å². The van der Waals surface area contributed by atoms with Gasteiger partial charge in [-0.2, -0.15) is 0 Å². The zero-order valence-electron chi connectivity index (χ0n) is 9.04. The number of anilines is 1. The SMILES string of the molecule is CNCCNc1cc(C(C)C)ncn1. The van der Waals surface area contributed by atoms with Crippen LogP contribution >= 0.6 is 0 Å². The molecule has 0 aliphatic carbocycles. The van der Waals surface area contributed by atoms with Crippen LogP contribution < -0.4 is 10.6 Å². The Kier molecular flexibility index (Phi) is 4.32. The van der Waals surface area contributed by atoms with Crippen LogP contribution in [0.2, 0.25) is 0 Å². The van der Waals surface area contributed by atoms with Gasteiger partial charge in [0.2, 0.25) is 0 Å². The maximum atomic E-state index is 4.20. The highest BCUT2D eigenvalue weighted by atomic mass is 15.0. The van der Waals surface area contributed by atoms with Crippen molar-refractivity contribution in [1.82, 2.24) is 15.3 Å². The van der Waals surface area contributed by atoms with E-state index in [9.17, 15) is 0 Å². The number of likely N-dealkylation sites (N-methyl/N-ethyl adjacent to an activating group) is 1. The Bertz CT molecular complexity index is 273. The van der Waals surface area contributed by atoms with Crippen LogP contribution in [0.5, 0.6) is 0 Å². The third kappa shape index (κ3) is 3.30. The Balaban J connectivity index is 2.55. The van der Waals surface area contributed by atoms with E-state index in [1.54, 1.807) is 6.33 Å². The summed E-state index contributed by atoms with van der Waals surface area (Å²) in [6.07, 6.45) is 1.61. The van der Waals surface area contributed by atoms with E-state index in [0.29, 0.717) is 5.92 Å². The minimum Gasteiger partial charge on any atom is -0.369 e. The second kappa shape index (κ2) is 5.54. The van der Waals surface area contributed by atoms with Gasteiger partial charge in [-0.1, -0.05) is 13.8 Å². The average molecular weight is 194 g/mol. The molecule has 0 aromatic carbocycles. The number of hydrogen-bond donors (Lipinski definition) is 2. The number of hydrogen-bond acceptors (Lipinski definition) is 4. The summed E-state index contributed by atoms with van der Waals surface area (Å²) in [5.41, 5.74) is 1.08. The van der Waals surface area contributed by atoms with Crippen LogP contribution in [0.3, 0.4) is 0 Å². The molecule has 1 heterocycles. The summed E-state index contributed by atoms with van der Waals surface area (Å²) >= 11 is 0. The Morgan fingerprint density at radius 1 is 1.29 bits per heavy atom. The average Bonchev–Trinajstić information content (AvgIpc) is 2.19. The normalized spacial score (nSPS) is 10.6. The third-order valence-corrected chi connectivity index (χ3v) is 1.96. The molecule has 0 amide bonds. The van der Waals surface area contributed by atoms with Crippen molar-refractivity contribution in [3.05, 3.63) is 18.1 Å². The molecule has 0 spiro atoms. The predicted molar refractivity (Wildman–Crippen MR) is 58.5 cm³/mol. The van der Waals surface area contributed by atoms with Gasteiger partial charge in [0.25, 0.3) is 0 Å². The summed E-state index contributed by atoms with van der Waals surface area (Å²) in [5.74, 6) is 1.35. The molecule has 0 aliphatic rings. The highest BCUT2D eigenvalue weighted by molar-refractivity contribution is 5.35. The molecule has 1 rings (SSSR count). The molecule has 0 fully saturated rings. The van der Waals surface area contributed by atoms with Crippen LogP contribution in [0.15, 0.2) is 12.4 Å². The van der Waals surface area contributed by atoms with Crippen molar-refractivity contribution >= 4 is 5.82 Å². The Morgan fingerprint density at radius 3 is 2.71 bits per heavy atom. The van der Waals surface area contributed by atoms with Crippen LogP contribution in [0, 0.1) is 0 Å². The van der Waals surface area contributed by atoms with Gasteiger partial charge >= 0.3 is 0 Å². The van der Waals surface area contributed by atoms with E-state index in [-0.39, 0.29) is 0 Å². The second-order valence-electron chi connectivity index (χ2n) is 3.51. The fourth-order valence-electron chi connectivity index (χ4n) is 1.10. The lowest BCUT2D eigenvalue weighted by Gasteiger charge is -2.07. The minimum absolute atomic E-state index is 0.447. The molecular weight excluding hydrogens is 176 g/mol. The molecule has 4 heteroatoms. The van der Waals surface area contributed by atoms with Crippen LogP contribution in [0.1, 0.15) is 25.5 Å². The van der Waals surface area contributed by atoms with E-state index in [1.165, 1.54) is 0 Å². The molecule has 0 unspecified atom stereocenters. The quantitative estimate of drug-likeness (QED) is 0.692. The maximum Gasteiger partial charge on any atom is 0.129 e. The van der Waals surface area contributed by atoms with Crippen LogP contribution in [-0.2, 0) is 0 Å². The standard InChI is InChI=1S/C10H18N4/c1-8(2)9-6-10(14-7-13-9)12-5-4-11-3/h6-8,11H,4-5H2,1-3H3,(H,12,13,14). The summed E-state index contributed by atoms with van der Waals surface area (Å²) in [4.78, 5) is 8.34. The lowest BCUT2D eigenvalue weighted by molar-refractivity contribution is 0.804. The van der Waals surface area contributed by atoms with Crippen LogP contribution in [0.4, 0.5) is 5.82 Å². The Hall–Kier alpha value is -1.16. The molecule has 0 atom stereocenters. The van der Waals surface area contributed by atoms with Gasteiger partial charge in [0.05, 0.1) is 0 Å². The number of nitrogens with one attached hydrogen (secondary N) is 2. The molecule has 4 nitrogen and oxygen atoms in total. The highest BCUT2D eigenvalue weighted by Gasteiger charge is 2.01. The van der Waals surface area contributed by atoms with E-state index in [1.807, 2.05) is 13.1 Å². The largest absolute Gasteiger partial charge is 0.369 e. The van der Waals surface area contributed by atoms with Gasteiger partial charge in [-0.25, -0.2) is 9.97 Å². The topological polar surface area (TPSA) is 49.8 Å². The number of aromatic nitrogens is 2. The van der Waals surface area contributed by atoms with Crippen molar-refractivity contribution in [3.63, 3.8) is 0 Å². The fraction of sp³-hybridized carbons (Fsp3) is 0.600. The monoisotopic (exact) mass is 194 g/mol. The molecule has 78 valence electrons. The molecule has 14 heavy (non-hydrogen) atoms. The zero-order chi connectivity index (χ0) is 10.4. The molecular formula is C10H18N4. The molecule has 0 bridgehead atoms. The lowest BCUT2D eigenvalue weighted by Crippen LogP contribution is -2.18. The smallest absolute Gasteiger partial charge is 0.129 e. The molecule has 0 aliphatic heterocycles. The van der Waals surface area contributed by atoms with Crippen molar-refractivity contribution in [2.24, 2.45) is 0 Å². The van der Waals surface area contributed by atoms with Gasteiger partial charge in [-0.15, -0.1) is 0 Å². The van der Waals surface area contributed by atoms with E-state index in [4.69, 9.17) is 0 Å². The summed E-state index contributed by atoms with van der Waals surface area (Å²) < 4.78 is 0. The Labute approximate surface area is 85.2 Å². The first-order valence-corrected chi connectivity index (χ1v) is 4.94. The van der Waals surface area contributed by atoms with E-state index >= 15 is 0 Å². The van der Waals surface area contributed by atoms with Crippen LogP contribution in [-0.4, -0.2) is 30.1 Å². The highest BCUT2D eigenvalue weighted by Crippen LogP contribution is 2.12. The summed E-state index contributed by atoms with van der Waals surface area (Å²) in [7, 11) is 1.93. The van der Waals surface area contributed by atoms with Gasteiger partial charge in [0.15, 0.2) is 0 Å².